The summed E-state index contributed by atoms with van der Waals surface area (Å²) in [5.74, 6) is 3.17. The Morgan fingerprint density at radius 1 is 1.31 bits per heavy atom. The molecule has 2 aliphatic carbocycles. The zero-order valence-corrected chi connectivity index (χ0v) is 8.63. The summed E-state index contributed by atoms with van der Waals surface area (Å²) in [5, 5.41) is 3.53. The Balaban J connectivity index is 1.66. The van der Waals surface area contributed by atoms with Crippen molar-refractivity contribution < 1.29 is 0 Å². The highest BCUT2D eigenvalue weighted by Crippen LogP contribution is 2.47. The van der Waals surface area contributed by atoms with Crippen molar-refractivity contribution in [3.05, 3.63) is 12.2 Å². The van der Waals surface area contributed by atoms with Gasteiger partial charge in [0.05, 0.1) is 0 Å². The molecule has 2 rings (SSSR count). The maximum Gasteiger partial charge on any atom is 0.0134 e. The Labute approximate surface area is 81.6 Å². The van der Waals surface area contributed by atoms with Crippen LogP contribution in [0, 0.1) is 17.8 Å². The SMILES string of the molecule is C/C=C/CNCC1CC2CCC1C2. The van der Waals surface area contributed by atoms with Crippen molar-refractivity contribution >= 4 is 0 Å². The van der Waals surface area contributed by atoms with Gasteiger partial charge in [0, 0.05) is 6.54 Å². The van der Waals surface area contributed by atoms with Crippen LogP contribution < -0.4 is 5.32 Å². The van der Waals surface area contributed by atoms with Gasteiger partial charge in [0.1, 0.15) is 0 Å². The maximum absolute atomic E-state index is 3.53. The smallest absolute Gasteiger partial charge is 0.0134 e. The molecule has 0 amide bonds. The topological polar surface area (TPSA) is 12.0 Å². The highest BCUT2D eigenvalue weighted by atomic mass is 14.9. The van der Waals surface area contributed by atoms with Crippen LogP contribution in [0.3, 0.4) is 0 Å². The summed E-state index contributed by atoms with van der Waals surface area (Å²) in [6, 6.07) is 0. The minimum atomic E-state index is 1.00. The second-order valence-corrected chi connectivity index (χ2v) is 4.66. The molecule has 0 spiro atoms. The molecule has 2 saturated carbocycles. The Morgan fingerprint density at radius 2 is 2.23 bits per heavy atom. The fraction of sp³-hybridized carbons (Fsp3) is 0.833. The maximum atomic E-state index is 3.53. The van der Waals surface area contributed by atoms with Crippen molar-refractivity contribution in [3.8, 4) is 0 Å². The first-order chi connectivity index (χ1) is 6.40. The van der Waals surface area contributed by atoms with E-state index in [1.807, 2.05) is 0 Å². The molecule has 0 saturated heterocycles. The van der Waals surface area contributed by atoms with Gasteiger partial charge in [0.15, 0.2) is 0 Å². The number of hydrogen-bond donors (Lipinski definition) is 1. The molecule has 1 nitrogen and oxygen atoms in total. The van der Waals surface area contributed by atoms with Gasteiger partial charge < -0.3 is 5.32 Å². The van der Waals surface area contributed by atoms with Gasteiger partial charge in [-0.2, -0.15) is 0 Å². The van der Waals surface area contributed by atoms with Crippen molar-refractivity contribution in [1.29, 1.82) is 0 Å². The molecule has 3 atom stereocenters. The highest BCUT2D eigenvalue weighted by molar-refractivity contribution is 4.91. The quantitative estimate of drug-likeness (QED) is 0.516. The minimum absolute atomic E-state index is 1.00. The average Bonchev–Trinajstić information content (AvgIpc) is 2.73. The summed E-state index contributed by atoms with van der Waals surface area (Å²) < 4.78 is 0. The Hall–Kier alpha value is -0.300. The predicted molar refractivity (Wildman–Crippen MR) is 56.6 cm³/mol. The summed E-state index contributed by atoms with van der Waals surface area (Å²) in [6.45, 7) is 4.40. The number of nitrogens with one attached hydrogen (secondary N) is 1. The molecular formula is C12H21N. The molecule has 0 aliphatic heterocycles. The molecule has 0 radical (unpaired) electrons. The number of allylic oxidation sites excluding steroid dienone is 1. The lowest BCUT2D eigenvalue weighted by atomic mass is 9.89. The van der Waals surface area contributed by atoms with E-state index in [9.17, 15) is 0 Å². The molecule has 2 aliphatic rings. The van der Waals surface area contributed by atoms with Crippen LogP contribution in [0.1, 0.15) is 32.6 Å². The number of fused-ring (bicyclic) bond motifs is 2. The van der Waals surface area contributed by atoms with E-state index in [0.717, 1.165) is 24.3 Å². The molecule has 2 fully saturated rings. The molecule has 1 heteroatoms. The molecule has 0 heterocycles. The molecule has 74 valence electrons. The molecular weight excluding hydrogens is 158 g/mol. The minimum Gasteiger partial charge on any atom is -0.313 e. The van der Waals surface area contributed by atoms with Crippen LogP contribution in [-0.2, 0) is 0 Å². The van der Waals surface area contributed by atoms with Crippen LogP contribution in [0.15, 0.2) is 12.2 Å². The summed E-state index contributed by atoms with van der Waals surface area (Å²) in [7, 11) is 0. The second kappa shape index (κ2) is 4.28. The largest absolute Gasteiger partial charge is 0.313 e. The van der Waals surface area contributed by atoms with E-state index in [2.05, 4.69) is 24.4 Å². The Kier molecular flexibility index (Phi) is 3.05. The van der Waals surface area contributed by atoms with Gasteiger partial charge in [-0.3, -0.25) is 0 Å². The van der Waals surface area contributed by atoms with Crippen LogP contribution in [0.5, 0.6) is 0 Å². The second-order valence-electron chi connectivity index (χ2n) is 4.66. The van der Waals surface area contributed by atoms with Crippen LogP contribution in [0.4, 0.5) is 0 Å². The van der Waals surface area contributed by atoms with Crippen molar-refractivity contribution in [2.45, 2.75) is 32.6 Å². The average molecular weight is 179 g/mol. The fourth-order valence-corrected chi connectivity index (χ4v) is 3.10. The molecule has 2 bridgehead atoms. The Morgan fingerprint density at radius 3 is 2.85 bits per heavy atom. The normalized spacial score (nSPS) is 37.8. The van der Waals surface area contributed by atoms with Gasteiger partial charge in [-0.15, -0.1) is 0 Å². The molecule has 1 N–H and O–H groups in total. The number of rotatable bonds is 4. The summed E-state index contributed by atoms with van der Waals surface area (Å²) in [4.78, 5) is 0. The first-order valence-corrected chi connectivity index (χ1v) is 5.72. The predicted octanol–water partition coefficient (Wildman–Crippen LogP) is 2.59. The van der Waals surface area contributed by atoms with Crippen molar-refractivity contribution in [3.63, 3.8) is 0 Å². The Bertz CT molecular complexity index is 186. The van der Waals surface area contributed by atoms with E-state index >= 15 is 0 Å². The molecule has 0 aromatic heterocycles. The third kappa shape index (κ3) is 2.14. The lowest BCUT2D eigenvalue weighted by Gasteiger charge is -2.21. The summed E-state index contributed by atoms with van der Waals surface area (Å²) >= 11 is 0. The van der Waals surface area contributed by atoms with E-state index in [1.165, 1.54) is 32.2 Å². The van der Waals surface area contributed by atoms with E-state index in [-0.39, 0.29) is 0 Å². The standard InChI is InChI=1S/C12H21N/c1-2-3-6-13-9-12-8-10-4-5-11(12)7-10/h2-3,10-13H,4-9H2,1H3/b3-2+. The monoisotopic (exact) mass is 179 g/mol. The first kappa shape index (κ1) is 9.26. The third-order valence-electron chi connectivity index (χ3n) is 3.79. The summed E-state index contributed by atoms with van der Waals surface area (Å²) in [6.07, 6.45) is 10.4. The van der Waals surface area contributed by atoms with Crippen LogP contribution >= 0.6 is 0 Å². The lowest BCUT2D eigenvalue weighted by molar-refractivity contribution is 0.323. The van der Waals surface area contributed by atoms with Gasteiger partial charge >= 0.3 is 0 Å². The number of hydrogen-bond acceptors (Lipinski definition) is 1. The zero-order chi connectivity index (χ0) is 9.10. The summed E-state index contributed by atoms with van der Waals surface area (Å²) in [5.41, 5.74) is 0. The zero-order valence-electron chi connectivity index (χ0n) is 8.63. The van der Waals surface area contributed by atoms with Crippen molar-refractivity contribution in [1.82, 2.24) is 5.32 Å². The van der Waals surface area contributed by atoms with Crippen LogP contribution in [-0.4, -0.2) is 13.1 Å². The molecule has 0 aromatic rings. The first-order valence-electron chi connectivity index (χ1n) is 5.72. The van der Waals surface area contributed by atoms with E-state index in [1.54, 1.807) is 0 Å². The van der Waals surface area contributed by atoms with Crippen molar-refractivity contribution in [2.24, 2.45) is 17.8 Å². The lowest BCUT2D eigenvalue weighted by Crippen LogP contribution is -2.26. The van der Waals surface area contributed by atoms with Gasteiger partial charge in [-0.1, -0.05) is 18.6 Å². The van der Waals surface area contributed by atoms with Gasteiger partial charge in [0.25, 0.3) is 0 Å². The van der Waals surface area contributed by atoms with Gasteiger partial charge in [-0.05, 0) is 50.5 Å². The van der Waals surface area contributed by atoms with Gasteiger partial charge in [-0.25, -0.2) is 0 Å². The van der Waals surface area contributed by atoms with E-state index in [4.69, 9.17) is 0 Å². The third-order valence-corrected chi connectivity index (χ3v) is 3.79. The molecule has 3 unspecified atom stereocenters. The van der Waals surface area contributed by atoms with Crippen LogP contribution in [0.25, 0.3) is 0 Å². The van der Waals surface area contributed by atoms with Gasteiger partial charge in [0.2, 0.25) is 0 Å². The fourth-order valence-electron chi connectivity index (χ4n) is 3.10. The molecule has 13 heavy (non-hydrogen) atoms. The van der Waals surface area contributed by atoms with Crippen molar-refractivity contribution in [2.75, 3.05) is 13.1 Å². The highest BCUT2D eigenvalue weighted by Gasteiger charge is 2.38. The molecule has 0 aromatic carbocycles. The van der Waals surface area contributed by atoms with Crippen LogP contribution in [0.2, 0.25) is 0 Å². The van der Waals surface area contributed by atoms with E-state index < -0.39 is 0 Å². The van der Waals surface area contributed by atoms with E-state index in [0.29, 0.717) is 0 Å².